The number of ether oxygens (including phenoxy) is 1. The van der Waals surface area contributed by atoms with Crippen molar-refractivity contribution in [3.63, 3.8) is 0 Å². The molecule has 0 atom stereocenters. The second kappa shape index (κ2) is 6.85. The molecule has 0 spiro atoms. The fourth-order valence-corrected chi connectivity index (χ4v) is 3.77. The van der Waals surface area contributed by atoms with Gasteiger partial charge in [0.1, 0.15) is 5.52 Å². The molecule has 1 aromatic heterocycles. The first-order valence-electron chi connectivity index (χ1n) is 8.59. The minimum atomic E-state index is -0.592. The van der Waals surface area contributed by atoms with Crippen molar-refractivity contribution in [3.8, 4) is 0 Å². The predicted molar refractivity (Wildman–Crippen MR) is 103 cm³/mol. The van der Waals surface area contributed by atoms with Crippen LogP contribution in [0.25, 0.3) is 11.1 Å². The van der Waals surface area contributed by atoms with Crippen LogP contribution in [-0.2, 0) is 14.9 Å². The normalized spacial score (nSPS) is 16.5. The van der Waals surface area contributed by atoms with Gasteiger partial charge in [0.05, 0.1) is 5.41 Å². The molecule has 0 aliphatic carbocycles. The lowest BCUT2D eigenvalue weighted by Crippen LogP contribution is -2.44. The Kier molecular flexibility index (Phi) is 4.54. The monoisotopic (exact) mass is 414 g/mol. The van der Waals surface area contributed by atoms with Crippen molar-refractivity contribution in [1.82, 2.24) is 4.98 Å². The molecule has 134 valence electrons. The maximum absolute atomic E-state index is 13.3. The molecule has 4 rings (SSSR count). The number of benzene rings is 2. The third-order valence-corrected chi connectivity index (χ3v) is 5.46. The van der Waals surface area contributed by atoms with Gasteiger partial charge in [0, 0.05) is 36.4 Å². The summed E-state index contributed by atoms with van der Waals surface area (Å²) in [5.41, 5.74) is 2.59. The van der Waals surface area contributed by atoms with Gasteiger partial charge < -0.3 is 14.5 Å². The first-order valence-corrected chi connectivity index (χ1v) is 9.39. The first kappa shape index (κ1) is 17.2. The highest BCUT2D eigenvalue weighted by Gasteiger charge is 2.41. The molecular weight excluding hydrogens is 396 g/mol. The summed E-state index contributed by atoms with van der Waals surface area (Å²) in [4.78, 5) is 17.6. The lowest BCUT2D eigenvalue weighted by atomic mass is 9.73. The van der Waals surface area contributed by atoms with Crippen molar-refractivity contribution in [2.24, 2.45) is 0 Å². The van der Waals surface area contributed by atoms with Crippen LogP contribution >= 0.6 is 15.9 Å². The van der Waals surface area contributed by atoms with E-state index >= 15 is 0 Å². The second-order valence-corrected chi connectivity index (χ2v) is 7.49. The van der Waals surface area contributed by atoms with E-state index in [1.165, 1.54) is 0 Å². The number of nitrogens with one attached hydrogen (secondary N) is 1. The van der Waals surface area contributed by atoms with Crippen molar-refractivity contribution in [2.75, 3.05) is 18.5 Å². The minimum absolute atomic E-state index is 0.0151. The molecule has 2 aromatic carbocycles. The third kappa shape index (κ3) is 3.15. The van der Waals surface area contributed by atoms with E-state index in [0.29, 0.717) is 43.2 Å². The highest BCUT2D eigenvalue weighted by Crippen LogP contribution is 2.37. The summed E-state index contributed by atoms with van der Waals surface area (Å²) >= 11 is 3.46. The number of nitrogens with zero attached hydrogens (tertiary/aromatic N) is 1. The smallest absolute Gasteiger partial charge is 0.235 e. The molecule has 26 heavy (non-hydrogen) atoms. The molecule has 1 aliphatic rings. The molecule has 0 unspecified atom stereocenters. The van der Waals surface area contributed by atoms with Crippen molar-refractivity contribution in [1.29, 1.82) is 0 Å². The van der Waals surface area contributed by atoms with Crippen LogP contribution in [0.1, 0.15) is 24.3 Å². The van der Waals surface area contributed by atoms with Crippen LogP contribution in [0, 0.1) is 6.92 Å². The first-order chi connectivity index (χ1) is 12.6. The zero-order chi connectivity index (χ0) is 18.1. The topological polar surface area (TPSA) is 64.4 Å². The molecule has 3 aromatic rings. The van der Waals surface area contributed by atoms with Gasteiger partial charge >= 0.3 is 0 Å². The number of anilines is 1. The van der Waals surface area contributed by atoms with Gasteiger partial charge in [-0.25, -0.2) is 4.98 Å². The average molecular weight is 415 g/mol. The Morgan fingerprint density at radius 2 is 1.88 bits per heavy atom. The zero-order valence-electron chi connectivity index (χ0n) is 14.4. The Balaban J connectivity index is 1.66. The standard InChI is InChI=1S/C20H19BrN2O3/c1-13-22-17-7-6-16(12-18(17)26-13)23-19(24)20(8-10-25-11-9-20)14-2-4-15(21)5-3-14/h2-7,12H,8-11H2,1H3,(H,23,24). The highest BCUT2D eigenvalue weighted by atomic mass is 79.9. The summed E-state index contributed by atoms with van der Waals surface area (Å²) in [6, 6.07) is 13.5. The van der Waals surface area contributed by atoms with Gasteiger partial charge in [-0.2, -0.15) is 0 Å². The van der Waals surface area contributed by atoms with E-state index in [1.807, 2.05) is 49.4 Å². The molecule has 1 aliphatic heterocycles. The number of hydrogen-bond donors (Lipinski definition) is 1. The van der Waals surface area contributed by atoms with Crippen LogP contribution < -0.4 is 5.32 Å². The van der Waals surface area contributed by atoms with E-state index in [-0.39, 0.29) is 5.91 Å². The summed E-state index contributed by atoms with van der Waals surface area (Å²) in [5.74, 6) is 0.595. The van der Waals surface area contributed by atoms with E-state index in [1.54, 1.807) is 0 Å². The second-order valence-electron chi connectivity index (χ2n) is 6.57. The largest absolute Gasteiger partial charge is 0.441 e. The molecule has 1 fully saturated rings. The summed E-state index contributed by atoms with van der Waals surface area (Å²) in [5, 5.41) is 3.07. The van der Waals surface area contributed by atoms with E-state index in [4.69, 9.17) is 9.15 Å². The molecule has 1 amide bonds. The maximum Gasteiger partial charge on any atom is 0.235 e. The van der Waals surface area contributed by atoms with E-state index in [0.717, 1.165) is 15.6 Å². The molecule has 2 heterocycles. The fourth-order valence-electron chi connectivity index (χ4n) is 3.50. The van der Waals surface area contributed by atoms with Crippen LogP contribution in [0.4, 0.5) is 5.69 Å². The van der Waals surface area contributed by atoms with Crippen LogP contribution in [0.5, 0.6) is 0 Å². The van der Waals surface area contributed by atoms with E-state index in [2.05, 4.69) is 26.2 Å². The number of amides is 1. The minimum Gasteiger partial charge on any atom is -0.441 e. The Morgan fingerprint density at radius 1 is 1.15 bits per heavy atom. The van der Waals surface area contributed by atoms with Crippen LogP contribution in [0.3, 0.4) is 0 Å². The van der Waals surface area contributed by atoms with Gasteiger partial charge in [-0.15, -0.1) is 0 Å². The van der Waals surface area contributed by atoms with Gasteiger partial charge in [0.2, 0.25) is 5.91 Å². The molecular formula is C20H19BrN2O3. The SMILES string of the molecule is Cc1nc2ccc(NC(=O)C3(c4ccc(Br)cc4)CCOCC3)cc2o1. The van der Waals surface area contributed by atoms with Gasteiger partial charge in [0.25, 0.3) is 0 Å². The molecule has 1 N–H and O–H groups in total. The highest BCUT2D eigenvalue weighted by molar-refractivity contribution is 9.10. The molecule has 0 radical (unpaired) electrons. The Bertz CT molecular complexity index is 943. The summed E-state index contributed by atoms with van der Waals surface area (Å²) in [6.45, 7) is 2.95. The number of rotatable bonds is 3. The average Bonchev–Trinajstić information content (AvgIpc) is 3.02. The number of aryl methyl sites for hydroxylation is 1. The van der Waals surface area contributed by atoms with Crippen molar-refractivity contribution >= 4 is 38.6 Å². The lowest BCUT2D eigenvalue weighted by molar-refractivity contribution is -0.125. The number of carbonyl (C=O) groups is 1. The Morgan fingerprint density at radius 3 is 2.62 bits per heavy atom. The molecule has 1 saturated heterocycles. The van der Waals surface area contributed by atoms with Gasteiger partial charge in [-0.1, -0.05) is 28.1 Å². The zero-order valence-corrected chi connectivity index (χ0v) is 16.0. The number of oxazole rings is 1. The van der Waals surface area contributed by atoms with Crippen LogP contribution in [-0.4, -0.2) is 24.1 Å². The van der Waals surface area contributed by atoms with Gasteiger partial charge in [-0.05, 0) is 42.7 Å². The number of hydrogen-bond acceptors (Lipinski definition) is 4. The van der Waals surface area contributed by atoms with Crippen LogP contribution in [0.2, 0.25) is 0 Å². The quantitative estimate of drug-likeness (QED) is 0.680. The Hall–Kier alpha value is -2.18. The van der Waals surface area contributed by atoms with Crippen LogP contribution in [0.15, 0.2) is 51.4 Å². The van der Waals surface area contributed by atoms with Gasteiger partial charge in [-0.3, -0.25) is 4.79 Å². The van der Waals surface area contributed by atoms with Crippen molar-refractivity contribution in [2.45, 2.75) is 25.2 Å². The number of carbonyl (C=O) groups excluding carboxylic acids is 1. The summed E-state index contributed by atoms with van der Waals surface area (Å²) < 4.78 is 12.1. The molecule has 0 saturated carbocycles. The van der Waals surface area contributed by atoms with Crippen molar-refractivity contribution < 1.29 is 13.9 Å². The summed E-state index contributed by atoms with van der Waals surface area (Å²) in [6.07, 6.45) is 1.31. The molecule has 5 nitrogen and oxygen atoms in total. The van der Waals surface area contributed by atoms with Crippen molar-refractivity contribution in [3.05, 3.63) is 58.4 Å². The number of aromatic nitrogens is 1. The maximum atomic E-state index is 13.3. The lowest BCUT2D eigenvalue weighted by Gasteiger charge is -2.36. The van der Waals surface area contributed by atoms with E-state index in [9.17, 15) is 4.79 Å². The Labute approximate surface area is 159 Å². The summed E-state index contributed by atoms with van der Waals surface area (Å²) in [7, 11) is 0. The predicted octanol–water partition coefficient (Wildman–Crippen LogP) is 4.59. The van der Waals surface area contributed by atoms with E-state index < -0.39 is 5.41 Å². The molecule has 6 heteroatoms. The number of halogens is 1. The molecule has 0 bridgehead atoms. The fraction of sp³-hybridized carbons (Fsp3) is 0.300. The number of fused-ring (bicyclic) bond motifs is 1. The third-order valence-electron chi connectivity index (χ3n) is 4.93. The van der Waals surface area contributed by atoms with Gasteiger partial charge in [0.15, 0.2) is 11.5 Å².